The molecule has 0 spiro atoms. The van der Waals surface area contributed by atoms with E-state index in [1.54, 1.807) is 31.4 Å². The van der Waals surface area contributed by atoms with E-state index in [1.165, 1.54) is 19.4 Å². The van der Waals surface area contributed by atoms with E-state index in [9.17, 15) is 14.7 Å². The number of hydrogen-bond acceptors (Lipinski definition) is 5. The zero-order valence-electron chi connectivity index (χ0n) is 13.2. The SMILES string of the molecule is COC([O-])=Cn1ccc(=O)n(Cc2ccc(OC)cc2)c1=O.[Li+]. The van der Waals surface area contributed by atoms with Crippen LogP contribution < -0.4 is 40.0 Å². The molecule has 7 nitrogen and oxygen atoms in total. The monoisotopic (exact) mass is 310 g/mol. The molecule has 0 aliphatic heterocycles. The molecule has 0 unspecified atom stereocenters. The van der Waals surface area contributed by atoms with Crippen LogP contribution in [0.3, 0.4) is 0 Å². The summed E-state index contributed by atoms with van der Waals surface area (Å²) in [6, 6.07) is 8.20. The van der Waals surface area contributed by atoms with Gasteiger partial charge in [-0.2, -0.15) is 0 Å². The third-order valence-electron chi connectivity index (χ3n) is 3.04. The van der Waals surface area contributed by atoms with Crippen LogP contribution in [0.15, 0.2) is 52.1 Å². The molecule has 116 valence electrons. The Labute approximate surface area is 144 Å². The van der Waals surface area contributed by atoms with Crippen molar-refractivity contribution in [1.29, 1.82) is 0 Å². The molecule has 0 aliphatic rings. The molecule has 0 saturated heterocycles. The first-order chi connectivity index (χ1) is 10.5. The first-order valence-corrected chi connectivity index (χ1v) is 6.43. The number of aromatic nitrogens is 2. The summed E-state index contributed by atoms with van der Waals surface area (Å²) < 4.78 is 11.6. The summed E-state index contributed by atoms with van der Waals surface area (Å²) in [7, 11) is 2.76. The molecule has 0 radical (unpaired) electrons. The van der Waals surface area contributed by atoms with Crippen molar-refractivity contribution in [3.05, 3.63) is 68.9 Å². The quantitative estimate of drug-likeness (QED) is 0.430. The minimum atomic E-state index is -0.684. The molecule has 0 amide bonds. The standard InChI is InChI=1S/C15H16N2O5.Li/c1-21-12-5-3-11(4-6-12)9-17-13(18)7-8-16(15(17)20)10-14(19)22-2;/h3-8,10,19H,9H2,1-2H3;/q;+1/p-1. The van der Waals surface area contributed by atoms with Crippen molar-refractivity contribution in [3.8, 4) is 5.75 Å². The minimum absolute atomic E-state index is 0. The molecule has 0 saturated carbocycles. The Kier molecular flexibility index (Phi) is 6.76. The van der Waals surface area contributed by atoms with Crippen LogP contribution in [0.25, 0.3) is 6.20 Å². The summed E-state index contributed by atoms with van der Waals surface area (Å²) in [5.41, 5.74) is -0.306. The van der Waals surface area contributed by atoms with E-state index < -0.39 is 17.2 Å². The van der Waals surface area contributed by atoms with Crippen molar-refractivity contribution in [2.24, 2.45) is 0 Å². The Morgan fingerprint density at radius 3 is 2.39 bits per heavy atom. The number of ether oxygens (including phenoxy) is 2. The number of hydrogen-bond donors (Lipinski definition) is 0. The van der Waals surface area contributed by atoms with Crippen molar-refractivity contribution in [3.63, 3.8) is 0 Å². The van der Waals surface area contributed by atoms with Crippen molar-refractivity contribution in [2.45, 2.75) is 6.54 Å². The smallest absolute Gasteiger partial charge is 0.616 e. The first-order valence-electron chi connectivity index (χ1n) is 6.43. The fourth-order valence-electron chi connectivity index (χ4n) is 1.86. The van der Waals surface area contributed by atoms with Crippen molar-refractivity contribution < 1.29 is 33.4 Å². The average molecular weight is 310 g/mol. The maximum atomic E-state index is 12.2. The zero-order valence-corrected chi connectivity index (χ0v) is 13.2. The van der Waals surface area contributed by atoms with E-state index in [0.717, 1.165) is 20.9 Å². The van der Waals surface area contributed by atoms with Gasteiger partial charge in [-0.1, -0.05) is 12.1 Å². The average Bonchev–Trinajstić information content (AvgIpc) is 2.54. The van der Waals surface area contributed by atoms with Crippen LogP contribution in [0.5, 0.6) is 5.75 Å². The number of methoxy groups -OCH3 is 2. The third kappa shape index (κ3) is 4.55. The van der Waals surface area contributed by atoms with Crippen LogP contribution in [-0.2, 0) is 11.3 Å². The Morgan fingerprint density at radius 1 is 1.17 bits per heavy atom. The Morgan fingerprint density at radius 2 is 1.83 bits per heavy atom. The predicted octanol–water partition coefficient (Wildman–Crippen LogP) is -3.17. The van der Waals surface area contributed by atoms with E-state index in [4.69, 9.17) is 4.74 Å². The molecule has 0 atom stereocenters. The van der Waals surface area contributed by atoms with Gasteiger partial charge in [0.25, 0.3) is 5.56 Å². The van der Waals surface area contributed by atoms with Gasteiger partial charge in [0, 0.05) is 18.5 Å². The summed E-state index contributed by atoms with van der Waals surface area (Å²) in [6.45, 7) is 0.0948. The van der Waals surface area contributed by atoms with E-state index >= 15 is 0 Å². The van der Waals surface area contributed by atoms with Crippen LogP contribution in [0.1, 0.15) is 5.56 Å². The number of nitrogens with zero attached hydrogens (tertiary/aromatic N) is 2. The Balaban J connectivity index is 0.00000264. The van der Waals surface area contributed by atoms with Crippen LogP contribution in [0.2, 0.25) is 0 Å². The fraction of sp³-hybridized carbons (Fsp3) is 0.200. The molecule has 2 aromatic rings. The predicted molar refractivity (Wildman–Crippen MR) is 78.3 cm³/mol. The molecule has 1 heterocycles. The maximum absolute atomic E-state index is 12.2. The molecule has 23 heavy (non-hydrogen) atoms. The zero-order chi connectivity index (χ0) is 16.1. The van der Waals surface area contributed by atoms with Crippen LogP contribution in [0.4, 0.5) is 0 Å². The van der Waals surface area contributed by atoms with E-state index in [1.807, 2.05) is 0 Å². The topological polar surface area (TPSA) is 85.5 Å². The summed E-state index contributed by atoms with van der Waals surface area (Å²) in [5, 5.41) is 11.2. The van der Waals surface area contributed by atoms with Gasteiger partial charge in [-0.3, -0.25) is 13.9 Å². The minimum Gasteiger partial charge on any atom is -0.616 e. The molecule has 0 aliphatic carbocycles. The summed E-state index contributed by atoms with van der Waals surface area (Å²) in [4.78, 5) is 24.1. The molecule has 0 N–H and O–H groups in total. The fourth-order valence-corrected chi connectivity index (χ4v) is 1.86. The molecule has 1 aromatic heterocycles. The van der Waals surface area contributed by atoms with E-state index in [-0.39, 0.29) is 25.4 Å². The van der Waals surface area contributed by atoms with Crippen molar-refractivity contribution >= 4 is 6.20 Å². The number of rotatable bonds is 5. The van der Waals surface area contributed by atoms with E-state index in [2.05, 4.69) is 4.74 Å². The van der Waals surface area contributed by atoms with Gasteiger partial charge in [0.05, 0.1) is 19.6 Å². The van der Waals surface area contributed by atoms with Gasteiger partial charge in [0.15, 0.2) is 0 Å². The normalized spacial score (nSPS) is 10.8. The van der Waals surface area contributed by atoms with Crippen LogP contribution in [-0.4, -0.2) is 23.4 Å². The Hall–Kier alpha value is -2.36. The van der Waals surface area contributed by atoms with Gasteiger partial charge < -0.3 is 14.6 Å². The second-order valence-corrected chi connectivity index (χ2v) is 4.43. The van der Waals surface area contributed by atoms with Gasteiger partial charge in [0.1, 0.15) is 5.75 Å². The van der Waals surface area contributed by atoms with Gasteiger partial charge in [-0.15, -0.1) is 0 Å². The third-order valence-corrected chi connectivity index (χ3v) is 3.04. The van der Waals surface area contributed by atoms with Gasteiger partial charge in [0.2, 0.25) is 0 Å². The van der Waals surface area contributed by atoms with Crippen LogP contribution in [0, 0.1) is 0 Å². The van der Waals surface area contributed by atoms with Gasteiger partial charge >= 0.3 is 24.6 Å². The molecule has 8 heteroatoms. The summed E-state index contributed by atoms with van der Waals surface area (Å²) in [6.07, 6.45) is 2.21. The summed E-state index contributed by atoms with van der Waals surface area (Å²) in [5.74, 6) is -0.00246. The van der Waals surface area contributed by atoms with Crippen molar-refractivity contribution in [2.75, 3.05) is 14.2 Å². The van der Waals surface area contributed by atoms with Gasteiger partial charge in [-0.25, -0.2) is 4.79 Å². The molecular weight excluding hydrogens is 295 g/mol. The Bertz CT molecular complexity index is 793. The van der Waals surface area contributed by atoms with E-state index in [0.29, 0.717) is 5.75 Å². The maximum Gasteiger partial charge on any atom is 1.00 e. The second kappa shape index (κ2) is 8.32. The number of benzene rings is 1. The van der Waals surface area contributed by atoms with Crippen molar-refractivity contribution in [1.82, 2.24) is 9.13 Å². The van der Waals surface area contributed by atoms with Gasteiger partial charge in [-0.05, 0) is 24.8 Å². The van der Waals surface area contributed by atoms with Crippen LogP contribution >= 0.6 is 0 Å². The first kappa shape index (κ1) is 18.7. The molecule has 1 aromatic carbocycles. The molecule has 0 bridgehead atoms. The summed E-state index contributed by atoms with van der Waals surface area (Å²) >= 11 is 0. The largest absolute Gasteiger partial charge is 1.00 e. The second-order valence-electron chi connectivity index (χ2n) is 4.43. The molecular formula is C15H15LiN2O5. The molecule has 0 fully saturated rings. The molecule has 2 rings (SSSR count).